The summed E-state index contributed by atoms with van der Waals surface area (Å²) >= 11 is 0. The van der Waals surface area contributed by atoms with Crippen molar-refractivity contribution in [2.75, 3.05) is 12.0 Å². The van der Waals surface area contributed by atoms with Crippen molar-refractivity contribution in [1.82, 2.24) is 0 Å². The Morgan fingerprint density at radius 1 is 1.00 bits per heavy atom. The Balaban J connectivity index is 2.05. The van der Waals surface area contributed by atoms with Crippen LogP contribution in [-0.2, 0) is 11.2 Å². The van der Waals surface area contributed by atoms with Gasteiger partial charge in [0.2, 0.25) is 6.08 Å². The van der Waals surface area contributed by atoms with Crippen molar-refractivity contribution in [1.29, 1.82) is 0 Å². The van der Waals surface area contributed by atoms with Gasteiger partial charge in [0.1, 0.15) is 6.73 Å². The van der Waals surface area contributed by atoms with Gasteiger partial charge < -0.3 is 10.4 Å². The van der Waals surface area contributed by atoms with Crippen LogP contribution >= 0.6 is 0 Å². The number of hydrogen-bond acceptors (Lipinski definition) is 4. The smallest absolute Gasteiger partial charge is 0.240 e. The third kappa shape index (κ3) is 3.78. The van der Waals surface area contributed by atoms with E-state index in [-0.39, 0.29) is 6.73 Å². The highest BCUT2D eigenvalue weighted by Gasteiger charge is 1.98. The number of rotatable bonds is 5. The van der Waals surface area contributed by atoms with Gasteiger partial charge in [0, 0.05) is 5.69 Å². The van der Waals surface area contributed by atoms with Gasteiger partial charge in [-0.3, -0.25) is 0 Å². The van der Waals surface area contributed by atoms with Gasteiger partial charge in [-0.1, -0.05) is 24.3 Å². The predicted molar refractivity (Wildman–Crippen MR) is 74.2 cm³/mol. The number of nitrogens with zero attached hydrogens (tertiary/aromatic N) is 1. The van der Waals surface area contributed by atoms with Gasteiger partial charge >= 0.3 is 0 Å². The molecule has 2 N–H and O–H groups in total. The molecule has 0 heterocycles. The quantitative estimate of drug-likeness (QED) is 0.490. The first kappa shape index (κ1) is 13.0. The van der Waals surface area contributed by atoms with E-state index in [9.17, 15) is 4.79 Å². The van der Waals surface area contributed by atoms with Gasteiger partial charge in [-0.05, 0) is 41.8 Å². The molecule has 0 atom stereocenters. The number of isocyanates is 1. The molecule has 2 aromatic rings. The fourth-order valence-electron chi connectivity index (χ4n) is 1.81. The van der Waals surface area contributed by atoms with Crippen LogP contribution in [0.1, 0.15) is 11.1 Å². The molecule has 0 aromatic heterocycles. The lowest BCUT2D eigenvalue weighted by atomic mass is 10.0. The van der Waals surface area contributed by atoms with E-state index in [1.54, 1.807) is 12.1 Å². The Morgan fingerprint density at radius 3 is 2.11 bits per heavy atom. The molecular formula is C15H14N2O2. The minimum absolute atomic E-state index is 0.0714. The normalized spacial score (nSPS) is 9.74. The first-order valence-electron chi connectivity index (χ1n) is 5.92. The van der Waals surface area contributed by atoms with E-state index >= 15 is 0 Å². The Morgan fingerprint density at radius 2 is 1.58 bits per heavy atom. The molecule has 2 rings (SSSR count). The van der Waals surface area contributed by atoms with Crippen LogP contribution in [0.25, 0.3) is 0 Å². The number of benzene rings is 2. The molecule has 0 aliphatic carbocycles. The second kappa shape index (κ2) is 6.50. The van der Waals surface area contributed by atoms with Crippen molar-refractivity contribution >= 4 is 17.5 Å². The maximum absolute atomic E-state index is 10.1. The minimum atomic E-state index is -0.0714. The van der Waals surface area contributed by atoms with Crippen molar-refractivity contribution in [3.8, 4) is 0 Å². The molecular weight excluding hydrogens is 240 g/mol. The van der Waals surface area contributed by atoms with Gasteiger partial charge in [0.05, 0.1) is 5.69 Å². The van der Waals surface area contributed by atoms with Crippen LogP contribution in [0.5, 0.6) is 0 Å². The monoisotopic (exact) mass is 254 g/mol. The summed E-state index contributed by atoms with van der Waals surface area (Å²) in [4.78, 5) is 13.7. The maximum atomic E-state index is 10.1. The fourth-order valence-corrected chi connectivity index (χ4v) is 1.81. The van der Waals surface area contributed by atoms with Crippen LogP contribution < -0.4 is 5.32 Å². The average Bonchev–Trinajstić information content (AvgIpc) is 2.44. The molecule has 0 saturated heterocycles. The molecule has 96 valence electrons. The molecule has 0 amide bonds. The molecule has 2 aromatic carbocycles. The number of carbonyl (C=O) groups excluding carboxylic acids is 1. The SMILES string of the molecule is O=C=Nc1ccc(Cc2ccc(NCO)cc2)cc1. The molecule has 0 unspecified atom stereocenters. The molecule has 0 radical (unpaired) electrons. The first-order valence-corrected chi connectivity index (χ1v) is 5.92. The van der Waals surface area contributed by atoms with Gasteiger partial charge in [-0.2, -0.15) is 4.99 Å². The van der Waals surface area contributed by atoms with E-state index in [0.29, 0.717) is 5.69 Å². The molecule has 0 bridgehead atoms. The van der Waals surface area contributed by atoms with E-state index in [0.717, 1.165) is 17.7 Å². The second-order valence-electron chi connectivity index (χ2n) is 4.08. The van der Waals surface area contributed by atoms with E-state index in [4.69, 9.17) is 5.11 Å². The number of anilines is 1. The standard InChI is InChI=1S/C15H14N2O2/c18-10-16-14-5-1-12(2-6-14)9-13-3-7-15(8-4-13)17-11-19/h1-8,16,18H,9-10H2. The summed E-state index contributed by atoms with van der Waals surface area (Å²) in [5.41, 5.74) is 3.83. The van der Waals surface area contributed by atoms with E-state index in [2.05, 4.69) is 10.3 Å². The summed E-state index contributed by atoms with van der Waals surface area (Å²) in [6.07, 6.45) is 2.33. The topological polar surface area (TPSA) is 61.7 Å². The highest BCUT2D eigenvalue weighted by atomic mass is 16.3. The lowest BCUT2D eigenvalue weighted by Gasteiger charge is -2.05. The Bertz CT molecular complexity index is 570. The van der Waals surface area contributed by atoms with Crippen LogP contribution in [0.4, 0.5) is 11.4 Å². The summed E-state index contributed by atoms with van der Waals surface area (Å²) in [6.45, 7) is -0.0714. The van der Waals surface area contributed by atoms with Crippen molar-refractivity contribution in [3.05, 3.63) is 59.7 Å². The zero-order chi connectivity index (χ0) is 13.5. The zero-order valence-electron chi connectivity index (χ0n) is 10.3. The lowest BCUT2D eigenvalue weighted by Crippen LogP contribution is -1.99. The Labute approximate surface area is 111 Å². The Hall–Kier alpha value is -2.42. The molecule has 19 heavy (non-hydrogen) atoms. The van der Waals surface area contributed by atoms with Crippen molar-refractivity contribution in [3.63, 3.8) is 0 Å². The van der Waals surface area contributed by atoms with Crippen molar-refractivity contribution in [2.45, 2.75) is 6.42 Å². The van der Waals surface area contributed by atoms with Crippen LogP contribution in [0, 0.1) is 0 Å². The maximum Gasteiger partial charge on any atom is 0.240 e. The van der Waals surface area contributed by atoms with Crippen molar-refractivity contribution < 1.29 is 9.90 Å². The van der Waals surface area contributed by atoms with E-state index in [1.165, 1.54) is 11.6 Å². The number of aliphatic hydroxyl groups excluding tert-OH is 1. The highest BCUT2D eigenvalue weighted by Crippen LogP contribution is 2.16. The van der Waals surface area contributed by atoms with Crippen LogP contribution in [0.2, 0.25) is 0 Å². The molecule has 4 nitrogen and oxygen atoms in total. The summed E-state index contributed by atoms with van der Waals surface area (Å²) in [6, 6.07) is 15.3. The largest absolute Gasteiger partial charge is 0.377 e. The van der Waals surface area contributed by atoms with Crippen LogP contribution in [-0.4, -0.2) is 17.9 Å². The summed E-state index contributed by atoms with van der Waals surface area (Å²) in [5.74, 6) is 0. The van der Waals surface area contributed by atoms with Gasteiger partial charge in [0.15, 0.2) is 0 Å². The average molecular weight is 254 g/mol. The molecule has 0 aliphatic rings. The van der Waals surface area contributed by atoms with Gasteiger partial charge in [-0.15, -0.1) is 0 Å². The van der Waals surface area contributed by atoms with Gasteiger partial charge in [-0.25, -0.2) is 4.79 Å². The molecule has 0 saturated carbocycles. The number of nitrogens with one attached hydrogen (secondary N) is 1. The molecule has 0 spiro atoms. The molecule has 0 aliphatic heterocycles. The number of aliphatic imine (C=N–C) groups is 1. The number of aliphatic hydroxyl groups is 1. The van der Waals surface area contributed by atoms with Crippen LogP contribution in [0.3, 0.4) is 0 Å². The fraction of sp³-hybridized carbons (Fsp3) is 0.133. The highest BCUT2D eigenvalue weighted by molar-refractivity contribution is 5.50. The third-order valence-corrected chi connectivity index (χ3v) is 2.76. The third-order valence-electron chi connectivity index (χ3n) is 2.76. The van der Waals surface area contributed by atoms with Crippen molar-refractivity contribution in [2.24, 2.45) is 4.99 Å². The zero-order valence-corrected chi connectivity index (χ0v) is 10.3. The first-order chi connectivity index (χ1) is 9.31. The molecule has 0 fully saturated rings. The summed E-state index contributed by atoms with van der Waals surface area (Å²) in [7, 11) is 0. The second-order valence-corrected chi connectivity index (χ2v) is 4.08. The molecule has 4 heteroatoms. The Kier molecular flexibility index (Phi) is 4.45. The van der Waals surface area contributed by atoms with E-state index < -0.39 is 0 Å². The lowest BCUT2D eigenvalue weighted by molar-refractivity contribution is 0.325. The summed E-state index contributed by atoms with van der Waals surface area (Å²) in [5, 5.41) is 11.6. The predicted octanol–water partition coefficient (Wildman–Crippen LogP) is 2.61. The summed E-state index contributed by atoms with van der Waals surface area (Å²) < 4.78 is 0. The minimum Gasteiger partial charge on any atom is -0.377 e. The van der Waals surface area contributed by atoms with Gasteiger partial charge in [0.25, 0.3) is 0 Å². The van der Waals surface area contributed by atoms with Crippen LogP contribution in [0.15, 0.2) is 53.5 Å². The number of hydrogen-bond donors (Lipinski definition) is 2. The van der Waals surface area contributed by atoms with E-state index in [1.807, 2.05) is 36.4 Å².